The quantitative estimate of drug-likeness (QED) is 0.649. The molecule has 0 spiro atoms. The lowest BCUT2D eigenvalue weighted by Crippen LogP contribution is -2.50. The van der Waals surface area contributed by atoms with Crippen LogP contribution >= 0.6 is 31.9 Å². The Kier molecular flexibility index (Phi) is 4.63. The minimum Gasteiger partial charge on any atom is -0.302 e. The molecule has 1 heterocycles. The van der Waals surface area contributed by atoms with Crippen molar-refractivity contribution in [2.45, 2.75) is 31.3 Å². The number of Topliss-reactive ketones (excluding diaryl/α,β-unsaturated/α-hetero) is 1. The molecule has 4 unspecified atom stereocenters. The standard InChI is InChI=1S/C20H19Br2NO/c21-14-8-4-12(5-9-14)18-16-2-1-3-17(20(16)24)19(23-18)13-6-10-15(22)11-7-13/h4-11,16-19,23H,1-3H2. The summed E-state index contributed by atoms with van der Waals surface area (Å²) in [6.07, 6.45) is 3.13. The van der Waals surface area contributed by atoms with Crippen molar-refractivity contribution in [3.05, 3.63) is 68.6 Å². The van der Waals surface area contributed by atoms with Crippen LogP contribution in [0.2, 0.25) is 0 Å². The normalized spacial score (nSPS) is 29.5. The predicted molar refractivity (Wildman–Crippen MR) is 103 cm³/mol. The molecule has 2 fully saturated rings. The smallest absolute Gasteiger partial charge is 0.142 e. The van der Waals surface area contributed by atoms with Crippen molar-refractivity contribution >= 4 is 37.6 Å². The second kappa shape index (κ2) is 6.74. The summed E-state index contributed by atoms with van der Waals surface area (Å²) in [5, 5.41) is 3.81. The van der Waals surface area contributed by atoms with E-state index < -0.39 is 0 Å². The molecule has 124 valence electrons. The lowest BCUT2D eigenvalue weighted by molar-refractivity contribution is -0.135. The maximum absolute atomic E-state index is 13.1. The summed E-state index contributed by atoms with van der Waals surface area (Å²) in [6, 6.07) is 17.0. The summed E-state index contributed by atoms with van der Waals surface area (Å²) in [4.78, 5) is 13.1. The van der Waals surface area contributed by atoms with Crippen LogP contribution in [0.5, 0.6) is 0 Å². The number of fused-ring (bicyclic) bond motifs is 2. The van der Waals surface area contributed by atoms with Gasteiger partial charge in [0, 0.05) is 32.9 Å². The Morgan fingerprint density at radius 2 is 1.17 bits per heavy atom. The highest BCUT2D eigenvalue weighted by Gasteiger charge is 2.46. The molecule has 2 nitrogen and oxygen atoms in total. The Labute approximate surface area is 159 Å². The second-order valence-electron chi connectivity index (χ2n) is 6.77. The molecule has 2 aromatic rings. The van der Waals surface area contributed by atoms with Crippen LogP contribution in [0.15, 0.2) is 57.5 Å². The third-order valence-corrected chi connectivity index (χ3v) is 6.44. The lowest BCUT2D eigenvalue weighted by atomic mass is 9.67. The number of rotatable bonds is 2. The zero-order valence-corrected chi connectivity index (χ0v) is 16.4. The number of ketones is 1. The zero-order chi connectivity index (χ0) is 16.7. The van der Waals surface area contributed by atoms with Crippen molar-refractivity contribution in [1.82, 2.24) is 5.32 Å². The fraction of sp³-hybridized carbons (Fsp3) is 0.350. The Morgan fingerprint density at radius 3 is 1.58 bits per heavy atom. The predicted octanol–water partition coefficient (Wildman–Crippen LogP) is 5.58. The molecule has 4 heteroatoms. The Hall–Kier alpha value is -0.970. The molecule has 2 bridgehead atoms. The summed E-state index contributed by atoms with van der Waals surface area (Å²) in [5.41, 5.74) is 2.41. The molecule has 1 aliphatic heterocycles. The van der Waals surface area contributed by atoms with Crippen molar-refractivity contribution in [3.8, 4) is 0 Å². The fourth-order valence-electron chi connectivity index (χ4n) is 4.20. The van der Waals surface area contributed by atoms with Gasteiger partial charge in [-0.25, -0.2) is 0 Å². The summed E-state index contributed by atoms with van der Waals surface area (Å²) >= 11 is 7.00. The first-order chi connectivity index (χ1) is 11.6. The zero-order valence-electron chi connectivity index (χ0n) is 13.2. The molecular formula is C20H19Br2NO. The van der Waals surface area contributed by atoms with E-state index in [1.165, 1.54) is 11.1 Å². The third-order valence-electron chi connectivity index (χ3n) is 5.38. The third kappa shape index (κ3) is 3.00. The molecule has 2 aromatic carbocycles. The van der Waals surface area contributed by atoms with Gasteiger partial charge in [-0.2, -0.15) is 0 Å². The Morgan fingerprint density at radius 1 is 0.750 bits per heavy atom. The van der Waals surface area contributed by atoms with E-state index in [0.717, 1.165) is 28.2 Å². The van der Waals surface area contributed by atoms with Crippen LogP contribution in [0.1, 0.15) is 42.5 Å². The number of hydrogen-bond donors (Lipinski definition) is 1. The van der Waals surface area contributed by atoms with Gasteiger partial charge in [-0.1, -0.05) is 62.5 Å². The van der Waals surface area contributed by atoms with Crippen LogP contribution in [0, 0.1) is 11.8 Å². The minimum absolute atomic E-state index is 0.107. The van der Waals surface area contributed by atoms with Crippen LogP contribution in [-0.4, -0.2) is 5.78 Å². The Balaban J connectivity index is 1.71. The van der Waals surface area contributed by atoms with E-state index in [9.17, 15) is 4.79 Å². The van der Waals surface area contributed by atoms with Crippen LogP contribution in [-0.2, 0) is 4.79 Å². The van der Waals surface area contributed by atoms with Crippen LogP contribution < -0.4 is 5.32 Å². The van der Waals surface area contributed by atoms with Gasteiger partial charge in [0.05, 0.1) is 0 Å². The van der Waals surface area contributed by atoms with Gasteiger partial charge in [0.25, 0.3) is 0 Å². The second-order valence-corrected chi connectivity index (χ2v) is 8.60. The van der Waals surface area contributed by atoms with E-state index in [1.807, 2.05) is 0 Å². The van der Waals surface area contributed by atoms with E-state index in [0.29, 0.717) is 5.78 Å². The van der Waals surface area contributed by atoms with E-state index in [1.54, 1.807) is 0 Å². The van der Waals surface area contributed by atoms with Gasteiger partial charge in [-0.15, -0.1) is 0 Å². The van der Waals surface area contributed by atoms with Crippen LogP contribution in [0.25, 0.3) is 0 Å². The number of hydrogen-bond acceptors (Lipinski definition) is 2. The highest BCUT2D eigenvalue weighted by atomic mass is 79.9. The van der Waals surface area contributed by atoms with E-state index in [2.05, 4.69) is 85.7 Å². The van der Waals surface area contributed by atoms with Crippen LogP contribution in [0.3, 0.4) is 0 Å². The van der Waals surface area contributed by atoms with Crippen molar-refractivity contribution in [1.29, 1.82) is 0 Å². The summed E-state index contributed by atoms with van der Waals surface area (Å²) in [5.74, 6) is 0.661. The van der Waals surface area contributed by atoms with Crippen molar-refractivity contribution < 1.29 is 4.79 Å². The molecule has 1 N–H and O–H groups in total. The maximum Gasteiger partial charge on any atom is 0.142 e. The first kappa shape index (κ1) is 16.5. The van der Waals surface area contributed by atoms with Gasteiger partial charge in [-0.3, -0.25) is 4.79 Å². The number of nitrogens with one attached hydrogen (secondary N) is 1. The molecule has 0 amide bonds. The van der Waals surface area contributed by atoms with E-state index >= 15 is 0 Å². The van der Waals surface area contributed by atoms with E-state index in [4.69, 9.17) is 0 Å². The summed E-state index contributed by atoms with van der Waals surface area (Å²) < 4.78 is 2.14. The fourth-order valence-corrected chi connectivity index (χ4v) is 4.73. The van der Waals surface area contributed by atoms with Gasteiger partial charge in [-0.05, 0) is 48.2 Å². The largest absolute Gasteiger partial charge is 0.302 e. The molecule has 1 aliphatic carbocycles. The number of piperidine rings is 1. The van der Waals surface area contributed by atoms with Gasteiger partial charge in [0.15, 0.2) is 0 Å². The minimum atomic E-state index is 0.107. The molecule has 0 radical (unpaired) electrons. The van der Waals surface area contributed by atoms with Crippen LogP contribution in [0.4, 0.5) is 0 Å². The highest BCUT2D eigenvalue weighted by molar-refractivity contribution is 9.10. The first-order valence-corrected chi connectivity index (χ1v) is 10.0. The first-order valence-electron chi connectivity index (χ1n) is 8.44. The molecule has 1 saturated carbocycles. The molecule has 4 atom stereocenters. The SMILES string of the molecule is O=C1C2CCCC1C(c1ccc(Br)cc1)NC2c1ccc(Br)cc1. The molecule has 1 saturated heterocycles. The average molecular weight is 449 g/mol. The van der Waals surface area contributed by atoms with Gasteiger partial charge in [0.1, 0.15) is 5.78 Å². The number of halogens is 2. The topological polar surface area (TPSA) is 29.1 Å². The summed E-state index contributed by atoms with van der Waals surface area (Å²) in [7, 11) is 0. The van der Waals surface area contributed by atoms with Gasteiger partial charge < -0.3 is 5.32 Å². The number of carbonyl (C=O) groups excluding carboxylic acids is 1. The molecule has 4 rings (SSSR count). The molecule has 24 heavy (non-hydrogen) atoms. The van der Waals surface area contributed by atoms with E-state index in [-0.39, 0.29) is 23.9 Å². The monoisotopic (exact) mass is 447 g/mol. The molecule has 0 aromatic heterocycles. The number of carbonyl (C=O) groups is 1. The summed E-state index contributed by atoms with van der Waals surface area (Å²) in [6.45, 7) is 0. The maximum atomic E-state index is 13.1. The van der Waals surface area contributed by atoms with Crippen molar-refractivity contribution in [2.24, 2.45) is 11.8 Å². The molecule has 2 aliphatic rings. The lowest BCUT2D eigenvalue weighted by Gasteiger charge is -2.45. The Bertz CT molecular complexity index is 680. The van der Waals surface area contributed by atoms with Gasteiger partial charge >= 0.3 is 0 Å². The van der Waals surface area contributed by atoms with Gasteiger partial charge in [0.2, 0.25) is 0 Å². The van der Waals surface area contributed by atoms with Crippen molar-refractivity contribution in [3.63, 3.8) is 0 Å². The average Bonchev–Trinajstić information content (AvgIpc) is 2.57. The van der Waals surface area contributed by atoms with Crippen molar-refractivity contribution in [2.75, 3.05) is 0 Å². The highest BCUT2D eigenvalue weighted by Crippen LogP contribution is 2.45. The molecular weight excluding hydrogens is 430 g/mol. The number of benzene rings is 2.